The Bertz CT molecular complexity index is 1680. The van der Waals surface area contributed by atoms with E-state index in [9.17, 15) is 13.6 Å². The lowest BCUT2D eigenvalue weighted by molar-refractivity contribution is -0.130. The lowest BCUT2D eigenvalue weighted by atomic mass is 9.85. The first-order chi connectivity index (χ1) is 21.3. The van der Waals surface area contributed by atoms with Gasteiger partial charge in [0.25, 0.3) is 5.91 Å². The van der Waals surface area contributed by atoms with E-state index < -0.39 is 17.9 Å². The molecule has 0 saturated carbocycles. The summed E-state index contributed by atoms with van der Waals surface area (Å²) in [5, 5.41) is 0.562. The van der Waals surface area contributed by atoms with Crippen LogP contribution in [0.5, 0.6) is 6.01 Å². The Morgan fingerprint density at radius 3 is 2.80 bits per heavy atom. The highest BCUT2D eigenvalue weighted by molar-refractivity contribution is 5.95. The van der Waals surface area contributed by atoms with E-state index >= 15 is 4.39 Å². The number of alkyl halides is 1. The number of carbonyl (C=O) groups is 1. The molecule has 4 atom stereocenters. The molecule has 4 saturated heterocycles. The monoisotopic (exact) mass is 603 g/mol. The van der Waals surface area contributed by atoms with Crippen LogP contribution >= 0.6 is 0 Å². The predicted molar refractivity (Wildman–Crippen MR) is 162 cm³/mol. The van der Waals surface area contributed by atoms with Gasteiger partial charge in [0.2, 0.25) is 0 Å². The molecule has 0 spiro atoms. The van der Waals surface area contributed by atoms with Gasteiger partial charge in [-0.3, -0.25) is 9.69 Å². The number of amides is 1. The predicted octanol–water partition coefficient (Wildman–Crippen LogP) is 5.54. The van der Waals surface area contributed by atoms with Gasteiger partial charge in [-0.25, -0.2) is 13.2 Å². The van der Waals surface area contributed by atoms with Crippen LogP contribution in [0.15, 0.2) is 42.7 Å². The fourth-order valence-corrected chi connectivity index (χ4v) is 8.55. The van der Waals surface area contributed by atoms with E-state index in [-0.39, 0.29) is 36.1 Å². The molecule has 4 aliphatic heterocycles. The number of nitrogens with zero attached hydrogens (tertiary/aromatic N) is 5. The highest BCUT2D eigenvalue weighted by Gasteiger charge is 2.51. The van der Waals surface area contributed by atoms with Gasteiger partial charge in [0.15, 0.2) is 5.83 Å². The maximum Gasteiger partial charge on any atom is 0.319 e. The first kappa shape index (κ1) is 27.9. The number of benzene rings is 2. The quantitative estimate of drug-likeness (QED) is 0.345. The Hall–Kier alpha value is -3.66. The number of hydrogen-bond donors (Lipinski definition) is 0. The second-order valence-corrected chi connectivity index (χ2v) is 13.2. The summed E-state index contributed by atoms with van der Waals surface area (Å²) in [6.45, 7) is 5.60. The molecule has 5 aliphatic rings. The summed E-state index contributed by atoms with van der Waals surface area (Å²) >= 11 is 0. The van der Waals surface area contributed by atoms with Crippen molar-refractivity contribution in [3.8, 4) is 17.1 Å². The van der Waals surface area contributed by atoms with Crippen molar-refractivity contribution in [2.24, 2.45) is 0 Å². The number of anilines is 1. The minimum atomic E-state index is -0.965. The number of hydrogen-bond acceptors (Lipinski definition) is 6. The van der Waals surface area contributed by atoms with E-state index in [1.165, 1.54) is 22.1 Å². The minimum absolute atomic E-state index is 0.0841. The summed E-state index contributed by atoms with van der Waals surface area (Å²) in [7, 11) is 0. The minimum Gasteiger partial charge on any atom is -0.461 e. The van der Waals surface area contributed by atoms with E-state index in [0.29, 0.717) is 54.8 Å². The van der Waals surface area contributed by atoms with Crippen LogP contribution in [-0.4, -0.2) is 82.3 Å². The lowest BCUT2D eigenvalue weighted by Crippen LogP contribution is -2.63. The maximum atomic E-state index is 16.1. The number of likely N-dealkylation sites (tertiary alicyclic amines) is 1. The van der Waals surface area contributed by atoms with Crippen molar-refractivity contribution in [2.45, 2.75) is 75.2 Å². The highest BCUT2D eigenvalue weighted by atomic mass is 19.1. The van der Waals surface area contributed by atoms with Gasteiger partial charge in [0.1, 0.15) is 24.4 Å². The number of rotatable bonds is 6. The third-order valence-electron chi connectivity index (χ3n) is 10.7. The molecule has 0 N–H and O–H groups in total. The number of carbonyl (C=O) groups excluding carboxylic acids is 1. The Balaban J connectivity index is 1.18. The van der Waals surface area contributed by atoms with E-state index in [2.05, 4.69) is 17.5 Å². The molecule has 3 aromatic rings. The van der Waals surface area contributed by atoms with Crippen molar-refractivity contribution in [3.63, 3.8) is 0 Å². The van der Waals surface area contributed by atoms with Gasteiger partial charge >= 0.3 is 6.01 Å². The number of ether oxygens (including phenoxy) is 1. The highest BCUT2D eigenvalue weighted by Crippen LogP contribution is 2.43. The van der Waals surface area contributed by atoms with Crippen molar-refractivity contribution in [3.05, 3.63) is 59.7 Å². The molecule has 1 amide bonds. The van der Waals surface area contributed by atoms with Gasteiger partial charge in [0, 0.05) is 37.0 Å². The van der Waals surface area contributed by atoms with Crippen LogP contribution in [0.25, 0.3) is 22.0 Å². The smallest absolute Gasteiger partial charge is 0.319 e. The van der Waals surface area contributed by atoms with Gasteiger partial charge in [-0.2, -0.15) is 9.97 Å². The summed E-state index contributed by atoms with van der Waals surface area (Å²) in [5.41, 5.74) is 4.07. The number of fused-ring (bicyclic) bond motifs is 4. The average molecular weight is 604 g/mol. The van der Waals surface area contributed by atoms with Crippen LogP contribution in [0.1, 0.15) is 49.7 Å². The van der Waals surface area contributed by atoms with Crippen molar-refractivity contribution in [1.29, 1.82) is 0 Å². The van der Waals surface area contributed by atoms with Crippen molar-refractivity contribution >= 4 is 22.6 Å². The zero-order valence-electron chi connectivity index (χ0n) is 24.7. The van der Waals surface area contributed by atoms with Crippen molar-refractivity contribution in [2.75, 3.05) is 37.7 Å². The molecule has 230 valence electrons. The van der Waals surface area contributed by atoms with E-state index in [0.717, 1.165) is 50.6 Å². The lowest BCUT2D eigenvalue weighted by Gasteiger charge is -2.47. The molecule has 10 heteroatoms. The topological polar surface area (TPSA) is 61.8 Å². The molecule has 1 aliphatic carbocycles. The van der Waals surface area contributed by atoms with Crippen LogP contribution in [-0.2, 0) is 17.6 Å². The molecule has 8 rings (SSSR count). The summed E-state index contributed by atoms with van der Waals surface area (Å²) in [6, 6.07) is 9.35. The molecule has 2 aromatic carbocycles. The third-order valence-corrected chi connectivity index (χ3v) is 10.7. The van der Waals surface area contributed by atoms with Crippen LogP contribution in [0.2, 0.25) is 0 Å². The van der Waals surface area contributed by atoms with Crippen LogP contribution in [0, 0.1) is 5.82 Å². The average Bonchev–Trinajstić information content (AvgIpc) is 3.64. The van der Waals surface area contributed by atoms with Crippen LogP contribution in [0.4, 0.5) is 19.0 Å². The summed E-state index contributed by atoms with van der Waals surface area (Å²) < 4.78 is 50.5. The Labute approximate surface area is 254 Å². The van der Waals surface area contributed by atoms with E-state index in [1.807, 2.05) is 17.0 Å². The normalized spacial score (nSPS) is 27.7. The molecule has 0 bridgehead atoms. The molecular formula is C34H36F3N5O2. The zero-order chi connectivity index (χ0) is 30.2. The molecule has 1 aromatic heterocycles. The number of halogens is 3. The van der Waals surface area contributed by atoms with Gasteiger partial charge in [-0.15, -0.1) is 0 Å². The van der Waals surface area contributed by atoms with E-state index in [4.69, 9.17) is 14.7 Å². The van der Waals surface area contributed by atoms with Gasteiger partial charge in [-0.05, 0) is 80.3 Å². The largest absolute Gasteiger partial charge is 0.461 e. The van der Waals surface area contributed by atoms with Crippen molar-refractivity contribution < 1.29 is 22.7 Å². The van der Waals surface area contributed by atoms with Gasteiger partial charge in [0.05, 0.1) is 23.1 Å². The SMILES string of the molecule is C=C(F)C(=O)N1CCC2[C@H]1CN2c1nc(OC[C@@]23CCCN2C[C@H](F)C3)nc2cc(-c3cccc4c3CCCC4)c(F)cc12. The van der Waals surface area contributed by atoms with Crippen LogP contribution in [0.3, 0.4) is 0 Å². The third kappa shape index (κ3) is 4.39. The zero-order valence-corrected chi connectivity index (χ0v) is 24.7. The Morgan fingerprint density at radius 2 is 1.93 bits per heavy atom. The van der Waals surface area contributed by atoms with Gasteiger partial charge in [-0.1, -0.05) is 24.8 Å². The summed E-state index contributed by atoms with van der Waals surface area (Å²) in [6.07, 6.45) is 6.18. The molecule has 1 unspecified atom stereocenters. The molecule has 7 nitrogen and oxygen atoms in total. The van der Waals surface area contributed by atoms with E-state index in [1.54, 1.807) is 6.07 Å². The Morgan fingerprint density at radius 1 is 1.07 bits per heavy atom. The fraction of sp³-hybridized carbons (Fsp3) is 0.500. The molecule has 5 heterocycles. The summed E-state index contributed by atoms with van der Waals surface area (Å²) in [4.78, 5) is 27.8. The first-order valence-corrected chi connectivity index (χ1v) is 15.9. The number of aromatic nitrogens is 2. The second-order valence-electron chi connectivity index (χ2n) is 13.2. The fourth-order valence-electron chi connectivity index (χ4n) is 8.55. The first-order valence-electron chi connectivity index (χ1n) is 15.9. The molecule has 44 heavy (non-hydrogen) atoms. The maximum absolute atomic E-state index is 16.1. The molecule has 0 radical (unpaired) electrons. The number of aryl methyl sites for hydroxylation is 1. The van der Waals surface area contributed by atoms with Crippen molar-refractivity contribution in [1.82, 2.24) is 19.8 Å². The molecular weight excluding hydrogens is 567 g/mol. The molecule has 4 fully saturated rings. The Kier molecular flexibility index (Phi) is 6.63. The summed E-state index contributed by atoms with van der Waals surface area (Å²) in [5.74, 6) is -1.45. The second kappa shape index (κ2) is 10.5. The van der Waals surface area contributed by atoms with Crippen LogP contribution < -0.4 is 9.64 Å². The van der Waals surface area contributed by atoms with Gasteiger partial charge < -0.3 is 14.5 Å². The standard InChI is InChI=1S/C34H36F3N5O2/c1-20(35)32(43)41-13-10-29-30(41)18-42(29)31-26-14-27(37)25(24-9-4-7-21-6-2-3-8-23(21)24)15-28(26)38-33(39-31)44-19-34-11-5-12-40(34)17-22(36)16-34/h4,7,9,14-15,22,29-30H,1-3,5-6,8,10-13,16-19H2/t22-,29?,30-,34+/m1/s1.